The van der Waals surface area contributed by atoms with Gasteiger partial charge in [-0.2, -0.15) is 0 Å². The molecule has 0 saturated heterocycles. The summed E-state index contributed by atoms with van der Waals surface area (Å²) in [4.78, 5) is 2.03. The van der Waals surface area contributed by atoms with E-state index in [1.807, 2.05) is 11.9 Å². The third-order valence-electron chi connectivity index (χ3n) is 3.37. The first-order valence-corrected chi connectivity index (χ1v) is 7.59. The maximum atomic E-state index is 11.0. The molecule has 0 radical (unpaired) electrons. The van der Waals surface area contributed by atoms with E-state index in [0.717, 1.165) is 19.3 Å². The molecule has 16 heavy (non-hydrogen) atoms. The first-order chi connectivity index (χ1) is 7.26. The van der Waals surface area contributed by atoms with Crippen molar-refractivity contribution in [3.05, 3.63) is 0 Å². The van der Waals surface area contributed by atoms with Gasteiger partial charge in [0.2, 0.25) is 0 Å². The van der Waals surface area contributed by atoms with Gasteiger partial charge in [-0.25, -0.2) is 8.42 Å². The minimum absolute atomic E-state index is 0.00339. The molecule has 3 N–H and O–H groups in total. The van der Waals surface area contributed by atoms with Gasteiger partial charge in [-0.05, 0) is 26.3 Å². The summed E-state index contributed by atoms with van der Waals surface area (Å²) in [5.41, 5.74) is 5.51. The van der Waals surface area contributed by atoms with Crippen LogP contribution in [0.15, 0.2) is 0 Å². The van der Waals surface area contributed by atoms with Crippen LogP contribution in [0.25, 0.3) is 0 Å². The fraction of sp³-hybridized carbons (Fsp3) is 1.00. The molecule has 1 fully saturated rings. The molecule has 1 aliphatic carbocycles. The zero-order valence-corrected chi connectivity index (χ0v) is 10.8. The van der Waals surface area contributed by atoms with Gasteiger partial charge in [-0.15, -0.1) is 0 Å². The Balaban J connectivity index is 2.42. The van der Waals surface area contributed by atoms with Gasteiger partial charge >= 0.3 is 0 Å². The molecule has 0 heterocycles. The second-order valence-corrected chi connectivity index (χ2v) is 7.29. The number of aliphatic hydroxyl groups is 1. The lowest BCUT2D eigenvalue weighted by molar-refractivity contribution is 0.183. The van der Waals surface area contributed by atoms with Gasteiger partial charge in [0.15, 0.2) is 0 Å². The van der Waals surface area contributed by atoms with Crippen LogP contribution in [0.5, 0.6) is 0 Å². The molecule has 5 nitrogen and oxygen atoms in total. The average Bonchev–Trinajstić information content (AvgIpc) is 2.57. The smallest absolute Gasteiger partial charge is 0.148 e. The van der Waals surface area contributed by atoms with E-state index in [2.05, 4.69) is 0 Å². The number of hydrogen-bond acceptors (Lipinski definition) is 5. The minimum Gasteiger partial charge on any atom is -0.394 e. The topological polar surface area (TPSA) is 83.6 Å². The van der Waals surface area contributed by atoms with E-state index in [9.17, 15) is 8.42 Å². The molecule has 2 unspecified atom stereocenters. The summed E-state index contributed by atoms with van der Waals surface area (Å²) in [5.74, 6) is 0.177. The molecular formula is C10H22N2O3S. The highest BCUT2D eigenvalue weighted by molar-refractivity contribution is 7.90. The van der Waals surface area contributed by atoms with Crippen LogP contribution >= 0.6 is 0 Å². The predicted octanol–water partition coefficient (Wildman–Crippen LogP) is -0.795. The van der Waals surface area contributed by atoms with Crippen molar-refractivity contribution in [1.29, 1.82) is 0 Å². The van der Waals surface area contributed by atoms with Crippen molar-refractivity contribution in [2.75, 3.05) is 32.2 Å². The molecule has 0 aliphatic heterocycles. The fourth-order valence-corrected chi connectivity index (χ4v) is 2.76. The van der Waals surface area contributed by atoms with E-state index in [0.29, 0.717) is 12.6 Å². The van der Waals surface area contributed by atoms with Gasteiger partial charge in [0.05, 0.1) is 12.4 Å². The summed E-state index contributed by atoms with van der Waals surface area (Å²) >= 11 is 0. The predicted molar refractivity (Wildman–Crippen MR) is 64.0 cm³/mol. The van der Waals surface area contributed by atoms with Crippen LogP contribution in [0.4, 0.5) is 0 Å². The zero-order valence-electron chi connectivity index (χ0n) is 10.0. The minimum atomic E-state index is -2.91. The highest BCUT2D eigenvalue weighted by Crippen LogP contribution is 2.30. The van der Waals surface area contributed by atoms with E-state index in [-0.39, 0.29) is 12.4 Å². The van der Waals surface area contributed by atoms with Crippen molar-refractivity contribution in [2.24, 2.45) is 5.73 Å². The van der Waals surface area contributed by atoms with E-state index in [1.54, 1.807) is 0 Å². The maximum Gasteiger partial charge on any atom is 0.148 e. The van der Waals surface area contributed by atoms with Gasteiger partial charge < -0.3 is 15.7 Å². The maximum absolute atomic E-state index is 11.0. The third kappa shape index (κ3) is 4.01. The molecular weight excluding hydrogens is 228 g/mol. The van der Waals surface area contributed by atoms with E-state index in [4.69, 9.17) is 10.8 Å². The lowest BCUT2D eigenvalue weighted by atomic mass is 10.0. The van der Waals surface area contributed by atoms with E-state index < -0.39 is 15.4 Å². The molecule has 0 amide bonds. The molecule has 0 spiro atoms. The lowest BCUT2D eigenvalue weighted by Crippen LogP contribution is -2.43. The van der Waals surface area contributed by atoms with Crippen molar-refractivity contribution in [3.8, 4) is 0 Å². The molecule has 6 heteroatoms. The van der Waals surface area contributed by atoms with Crippen molar-refractivity contribution >= 4 is 9.84 Å². The fourth-order valence-electron chi connectivity index (χ4n) is 2.14. The Bertz CT molecular complexity index is 331. The summed E-state index contributed by atoms with van der Waals surface area (Å²) in [6.07, 6.45) is 3.72. The molecule has 0 bridgehead atoms. The standard InChI is InChI=1S/C10H22N2O3S/c1-12(5-6-16(2,14)15)9-3-4-10(11,7-9)8-13/h9,13H,3-8,11H2,1-2H3. The van der Waals surface area contributed by atoms with Crippen LogP contribution in [0.1, 0.15) is 19.3 Å². The summed E-state index contributed by atoms with van der Waals surface area (Å²) < 4.78 is 22.1. The average molecular weight is 250 g/mol. The zero-order chi connectivity index (χ0) is 12.4. The van der Waals surface area contributed by atoms with E-state index in [1.165, 1.54) is 6.26 Å². The second kappa shape index (κ2) is 5.00. The number of hydrogen-bond donors (Lipinski definition) is 2. The first kappa shape index (κ1) is 13.9. The Kier molecular flexibility index (Phi) is 4.34. The summed E-state index contributed by atoms with van der Waals surface area (Å²) in [7, 11) is -0.990. The normalized spacial score (nSPS) is 31.2. The van der Waals surface area contributed by atoms with Gasteiger partial charge in [0, 0.05) is 24.4 Å². The molecule has 1 saturated carbocycles. The number of sulfone groups is 1. The number of nitrogens with zero attached hydrogens (tertiary/aromatic N) is 1. The monoisotopic (exact) mass is 250 g/mol. The Morgan fingerprint density at radius 1 is 1.56 bits per heavy atom. The van der Waals surface area contributed by atoms with Crippen molar-refractivity contribution in [1.82, 2.24) is 4.90 Å². The van der Waals surface area contributed by atoms with Crippen LogP contribution in [0.2, 0.25) is 0 Å². The Morgan fingerprint density at radius 3 is 2.62 bits per heavy atom. The third-order valence-corrected chi connectivity index (χ3v) is 4.29. The number of rotatable bonds is 5. The van der Waals surface area contributed by atoms with Gasteiger partial charge in [-0.1, -0.05) is 0 Å². The second-order valence-electron chi connectivity index (χ2n) is 5.03. The Hall–Kier alpha value is -0.170. The SMILES string of the molecule is CN(CCS(C)(=O)=O)C1CCC(N)(CO)C1. The highest BCUT2D eigenvalue weighted by atomic mass is 32.2. The Labute approximate surface area is 97.5 Å². The van der Waals surface area contributed by atoms with E-state index >= 15 is 0 Å². The summed E-state index contributed by atoms with van der Waals surface area (Å²) in [6, 6.07) is 0.291. The number of nitrogens with two attached hydrogens (primary N) is 1. The summed E-state index contributed by atoms with van der Waals surface area (Å²) in [5, 5.41) is 9.14. The number of aliphatic hydroxyl groups excluding tert-OH is 1. The van der Waals surface area contributed by atoms with Gasteiger partial charge in [0.25, 0.3) is 0 Å². The molecule has 0 aromatic heterocycles. The van der Waals surface area contributed by atoms with Crippen LogP contribution in [-0.4, -0.2) is 62.2 Å². The quantitative estimate of drug-likeness (QED) is 0.668. The molecule has 0 aromatic rings. The van der Waals surface area contributed by atoms with Crippen LogP contribution in [0, 0.1) is 0 Å². The first-order valence-electron chi connectivity index (χ1n) is 5.53. The molecule has 1 aliphatic rings. The van der Waals surface area contributed by atoms with Crippen molar-refractivity contribution in [3.63, 3.8) is 0 Å². The largest absolute Gasteiger partial charge is 0.394 e. The van der Waals surface area contributed by atoms with Crippen LogP contribution < -0.4 is 5.73 Å². The lowest BCUT2D eigenvalue weighted by Gasteiger charge is -2.26. The van der Waals surface area contributed by atoms with Gasteiger partial charge in [-0.3, -0.25) is 0 Å². The summed E-state index contributed by atoms with van der Waals surface area (Å²) in [6.45, 7) is 0.536. The van der Waals surface area contributed by atoms with Crippen molar-refractivity contribution < 1.29 is 13.5 Å². The molecule has 1 rings (SSSR count). The molecule has 0 aromatic carbocycles. The molecule has 96 valence electrons. The highest BCUT2D eigenvalue weighted by Gasteiger charge is 2.36. The Morgan fingerprint density at radius 2 is 2.19 bits per heavy atom. The van der Waals surface area contributed by atoms with Crippen molar-refractivity contribution in [2.45, 2.75) is 30.8 Å². The van der Waals surface area contributed by atoms with Crippen LogP contribution in [0.3, 0.4) is 0 Å². The molecule has 2 atom stereocenters. The van der Waals surface area contributed by atoms with Crippen LogP contribution in [-0.2, 0) is 9.84 Å². The van der Waals surface area contributed by atoms with Gasteiger partial charge in [0.1, 0.15) is 9.84 Å².